The van der Waals surface area contributed by atoms with Gasteiger partial charge in [0, 0.05) is 6.08 Å². The molecule has 1 aromatic rings. The average Bonchev–Trinajstić information content (AvgIpc) is 2.68. The predicted molar refractivity (Wildman–Crippen MR) is 66.7 cm³/mol. The maximum atomic E-state index is 11.6. The van der Waals surface area contributed by atoms with Crippen LogP contribution in [-0.2, 0) is 9.59 Å². The molecule has 0 aromatic heterocycles. The number of amides is 2. The highest BCUT2D eigenvalue weighted by atomic mass is 32.2. The van der Waals surface area contributed by atoms with Gasteiger partial charge in [-0.1, -0.05) is 12.1 Å². The summed E-state index contributed by atoms with van der Waals surface area (Å²) in [7, 11) is 0. The zero-order valence-electron chi connectivity index (χ0n) is 9.41. The second kappa shape index (κ2) is 5.49. The molecule has 1 N–H and O–H groups in total. The third-order valence-corrected chi connectivity index (χ3v) is 2.96. The molecule has 2 rings (SSSR count). The van der Waals surface area contributed by atoms with E-state index in [9.17, 15) is 19.2 Å². The molecule has 1 aliphatic heterocycles. The Balaban J connectivity index is 2.14. The summed E-state index contributed by atoms with van der Waals surface area (Å²) >= 11 is 0.614. The quantitative estimate of drug-likeness (QED) is 0.387. The number of hydrogen-bond acceptors (Lipinski definition) is 6. The Hall–Kier alpha value is -2.41. The molecule has 0 spiro atoms. The van der Waals surface area contributed by atoms with E-state index < -0.39 is 17.1 Å². The van der Waals surface area contributed by atoms with Crippen molar-refractivity contribution in [2.45, 2.75) is 0 Å². The van der Waals surface area contributed by atoms with Gasteiger partial charge in [-0.2, -0.15) is 0 Å². The molecule has 0 bridgehead atoms. The third-order valence-electron chi connectivity index (χ3n) is 2.15. The van der Waals surface area contributed by atoms with Gasteiger partial charge in [0.05, 0.1) is 10.5 Å². The summed E-state index contributed by atoms with van der Waals surface area (Å²) < 4.78 is 4.93. The topological polar surface area (TPSA) is 89.5 Å². The Morgan fingerprint density at radius 3 is 2.63 bits per heavy atom. The largest absolute Gasteiger partial charge is 0.423 e. The number of hydrogen-bond donors (Lipinski definition) is 1. The molecular formula is C12H7NO5S. The van der Waals surface area contributed by atoms with E-state index in [-0.39, 0.29) is 16.2 Å². The molecule has 1 aromatic carbocycles. The minimum Gasteiger partial charge on any atom is -0.423 e. The van der Waals surface area contributed by atoms with E-state index in [1.165, 1.54) is 12.1 Å². The summed E-state index contributed by atoms with van der Waals surface area (Å²) in [5.41, 5.74) is 0.217. The molecule has 0 radical (unpaired) electrons. The molecule has 1 heterocycles. The van der Waals surface area contributed by atoms with Gasteiger partial charge in [-0.25, -0.2) is 4.79 Å². The van der Waals surface area contributed by atoms with Gasteiger partial charge >= 0.3 is 5.97 Å². The van der Waals surface area contributed by atoms with E-state index in [0.717, 1.165) is 6.08 Å². The fraction of sp³-hybridized carbons (Fsp3) is 0. The van der Waals surface area contributed by atoms with Crippen molar-refractivity contribution in [1.29, 1.82) is 0 Å². The molecule has 1 fully saturated rings. The number of carbonyl (C=O) groups is 4. The average molecular weight is 277 g/mol. The molecule has 0 aliphatic carbocycles. The SMILES string of the molecule is O=Cc1ccccc1OC(=O)C=C1SC(=O)NC1=O. The van der Waals surface area contributed by atoms with E-state index in [1.54, 1.807) is 12.1 Å². The van der Waals surface area contributed by atoms with Crippen LogP contribution in [0, 0.1) is 0 Å². The molecule has 0 unspecified atom stereocenters. The Labute approximate surface area is 111 Å². The van der Waals surface area contributed by atoms with Crippen LogP contribution in [0.15, 0.2) is 35.2 Å². The van der Waals surface area contributed by atoms with Crippen molar-refractivity contribution < 1.29 is 23.9 Å². The number of aldehydes is 1. The Morgan fingerprint density at radius 2 is 2.00 bits per heavy atom. The first kappa shape index (κ1) is 13.0. The van der Waals surface area contributed by atoms with Gasteiger partial charge in [-0.3, -0.25) is 19.7 Å². The van der Waals surface area contributed by atoms with Crippen LogP contribution in [-0.4, -0.2) is 23.4 Å². The van der Waals surface area contributed by atoms with Gasteiger partial charge in [-0.15, -0.1) is 0 Å². The number of thioether (sulfide) groups is 1. The lowest BCUT2D eigenvalue weighted by Gasteiger charge is -2.03. The second-order valence-electron chi connectivity index (χ2n) is 3.43. The summed E-state index contributed by atoms with van der Waals surface area (Å²) in [6, 6.07) is 6.16. The van der Waals surface area contributed by atoms with Gasteiger partial charge in [0.25, 0.3) is 11.1 Å². The maximum Gasteiger partial charge on any atom is 0.337 e. The Kier molecular flexibility index (Phi) is 3.76. The summed E-state index contributed by atoms with van der Waals surface area (Å²) in [4.78, 5) is 44.4. The van der Waals surface area contributed by atoms with Crippen LogP contribution >= 0.6 is 11.8 Å². The van der Waals surface area contributed by atoms with E-state index in [2.05, 4.69) is 0 Å². The lowest BCUT2D eigenvalue weighted by atomic mass is 10.2. The minimum atomic E-state index is -0.832. The molecule has 0 saturated carbocycles. The Bertz CT molecular complexity index is 608. The van der Waals surface area contributed by atoms with Crippen molar-refractivity contribution in [3.05, 3.63) is 40.8 Å². The highest BCUT2D eigenvalue weighted by molar-refractivity contribution is 8.18. The normalized spacial score (nSPS) is 16.3. The van der Waals surface area contributed by atoms with Crippen molar-refractivity contribution in [2.75, 3.05) is 0 Å². The number of esters is 1. The fourth-order valence-corrected chi connectivity index (χ4v) is 1.98. The van der Waals surface area contributed by atoms with Gasteiger partial charge in [-0.05, 0) is 23.9 Å². The monoisotopic (exact) mass is 277 g/mol. The molecule has 7 heteroatoms. The fourth-order valence-electron chi connectivity index (χ4n) is 1.34. The maximum absolute atomic E-state index is 11.6. The standard InChI is InChI=1S/C12H7NO5S/c14-6-7-3-1-2-4-8(7)18-10(15)5-9-11(16)13-12(17)19-9/h1-6H,(H,13,16,17). The first-order chi connectivity index (χ1) is 9.10. The van der Waals surface area contributed by atoms with Crippen LogP contribution in [0.5, 0.6) is 5.75 Å². The third kappa shape index (κ3) is 3.08. The highest BCUT2D eigenvalue weighted by Gasteiger charge is 2.26. The van der Waals surface area contributed by atoms with Gasteiger partial charge in [0.1, 0.15) is 5.75 Å². The molecule has 96 valence electrons. The summed E-state index contributed by atoms with van der Waals surface area (Å²) in [5.74, 6) is -1.38. The van der Waals surface area contributed by atoms with Crippen molar-refractivity contribution in [2.24, 2.45) is 0 Å². The minimum absolute atomic E-state index is 0.0430. The second-order valence-corrected chi connectivity index (χ2v) is 4.44. The van der Waals surface area contributed by atoms with E-state index >= 15 is 0 Å². The van der Waals surface area contributed by atoms with Gasteiger partial charge in [0.2, 0.25) is 0 Å². The van der Waals surface area contributed by atoms with Crippen LogP contribution in [0.1, 0.15) is 10.4 Å². The first-order valence-electron chi connectivity index (χ1n) is 5.11. The number of nitrogens with one attached hydrogen (secondary N) is 1. The zero-order chi connectivity index (χ0) is 13.8. The molecule has 2 amide bonds. The van der Waals surface area contributed by atoms with Crippen molar-refractivity contribution in [3.8, 4) is 5.75 Å². The predicted octanol–water partition coefficient (Wildman–Crippen LogP) is 1.27. The lowest BCUT2D eigenvalue weighted by molar-refractivity contribution is -0.129. The molecule has 0 atom stereocenters. The van der Waals surface area contributed by atoms with Crippen molar-refractivity contribution in [1.82, 2.24) is 5.32 Å². The lowest BCUT2D eigenvalue weighted by Crippen LogP contribution is -2.18. The number of para-hydroxylation sites is 1. The molecule has 6 nitrogen and oxygen atoms in total. The van der Waals surface area contributed by atoms with Crippen molar-refractivity contribution >= 4 is 35.2 Å². The van der Waals surface area contributed by atoms with Crippen LogP contribution < -0.4 is 10.1 Å². The smallest absolute Gasteiger partial charge is 0.337 e. The molecule has 19 heavy (non-hydrogen) atoms. The summed E-state index contributed by atoms with van der Waals surface area (Å²) in [6.07, 6.45) is 1.46. The number of imide groups is 1. The van der Waals surface area contributed by atoms with Gasteiger partial charge < -0.3 is 4.74 Å². The molecular weight excluding hydrogens is 270 g/mol. The number of benzene rings is 1. The number of rotatable bonds is 3. The van der Waals surface area contributed by atoms with E-state index in [0.29, 0.717) is 18.0 Å². The number of carbonyl (C=O) groups excluding carboxylic acids is 4. The number of ether oxygens (including phenoxy) is 1. The first-order valence-corrected chi connectivity index (χ1v) is 5.92. The molecule has 1 aliphatic rings. The van der Waals surface area contributed by atoms with E-state index in [1.807, 2.05) is 5.32 Å². The van der Waals surface area contributed by atoms with Crippen LogP contribution in [0.25, 0.3) is 0 Å². The van der Waals surface area contributed by atoms with E-state index in [4.69, 9.17) is 4.74 Å². The summed E-state index contributed by atoms with van der Waals surface area (Å²) in [6.45, 7) is 0. The van der Waals surface area contributed by atoms with Gasteiger partial charge in [0.15, 0.2) is 6.29 Å². The van der Waals surface area contributed by atoms with Crippen LogP contribution in [0.4, 0.5) is 4.79 Å². The van der Waals surface area contributed by atoms with Crippen molar-refractivity contribution in [3.63, 3.8) is 0 Å². The van der Waals surface area contributed by atoms with Crippen LogP contribution in [0.3, 0.4) is 0 Å². The summed E-state index contributed by atoms with van der Waals surface area (Å²) in [5, 5.41) is 1.47. The van der Waals surface area contributed by atoms with Crippen LogP contribution in [0.2, 0.25) is 0 Å². The highest BCUT2D eigenvalue weighted by Crippen LogP contribution is 2.23. The zero-order valence-corrected chi connectivity index (χ0v) is 10.2. The Morgan fingerprint density at radius 1 is 1.26 bits per heavy atom. The molecule has 1 saturated heterocycles.